The van der Waals surface area contributed by atoms with E-state index in [1.807, 2.05) is 0 Å². The van der Waals surface area contributed by atoms with Crippen molar-refractivity contribution in [3.63, 3.8) is 0 Å². The van der Waals surface area contributed by atoms with Crippen molar-refractivity contribution in [2.45, 2.75) is 36.6 Å². The molecule has 0 unspecified atom stereocenters. The van der Waals surface area contributed by atoms with Crippen molar-refractivity contribution in [2.24, 2.45) is 0 Å². The van der Waals surface area contributed by atoms with E-state index in [1.165, 1.54) is 22.8 Å². The van der Waals surface area contributed by atoms with Crippen LogP contribution in [0.3, 0.4) is 0 Å². The van der Waals surface area contributed by atoms with Gasteiger partial charge in [-0.3, -0.25) is 4.79 Å². The van der Waals surface area contributed by atoms with Gasteiger partial charge in [0.1, 0.15) is 4.90 Å². The summed E-state index contributed by atoms with van der Waals surface area (Å²) >= 11 is 0. The van der Waals surface area contributed by atoms with Gasteiger partial charge in [0.15, 0.2) is 0 Å². The predicted octanol–water partition coefficient (Wildman–Crippen LogP) is 1.49. The Bertz CT molecular complexity index is 600. The van der Waals surface area contributed by atoms with E-state index in [1.54, 1.807) is 6.08 Å². The lowest BCUT2D eigenvalue weighted by atomic mass is 10.2. The minimum atomic E-state index is -3.76. The minimum absolute atomic E-state index is 0.0254. The lowest BCUT2D eigenvalue weighted by Gasteiger charge is -2.26. The average Bonchev–Trinajstić information content (AvgIpc) is 2.89. The molecule has 1 fully saturated rings. The molecule has 0 amide bonds. The number of aromatic amines is 1. The molecule has 5 nitrogen and oxygen atoms in total. The molecule has 1 aromatic rings. The number of hydrogen-bond acceptors (Lipinski definition) is 3. The van der Waals surface area contributed by atoms with E-state index in [0.29, 0.717) is 0 Å². The second-order valence-corrected chi connectivity index (χ2v) is 6.53. The predicted molar refractivity (Wildman–Crippen MR) is 73.4 cm³/mol. The average molecular weight is 282 g/mol. The van der Waals surface area contributed by atoms with Crippen LogP contribution in [-0.4, -0.2) is 30.3 Å². The molecule has 1 heterocycles. The van der Waals surface area contributed by atoms with Crippen LogP contribution < -0.4 is 5.43 Å². The first-order valence-corrected chi connectivity index (χ1v) is 7.81. The molecule has 0 aromatic carbocycles. The summed E-state index contributed by atoms with van der Waals surface area (Å²) in [4.78, 5) is 14.2. The third-order valence-corrected chi connectivity index (χ3v) is 5.36. The number of rotatable bonds is 5. The highest BCUT2D eigenvalue weighted by Crippen LogP contribution is 2.27. The SMILES string of the molecule is C=CCN(C1CCCC1)S(=O)(=O)c1c[nH]ccc1=O. The molecular formula is C13H18N2O3S. The number of H-pyrrole nitrogens is 1. The Labute approximate surface area is 113 Å². The van der Waals surface area contributed by atoms with Crippen LogP contribution in [0.4, 0.5) is 0 Å². The third-order valence-electron chi connectivity index (χ3n) is 3.42. The summed E-state index contributed by atoms with van der Waals surface area (Å²) in [7, 11) is -3.76. The Kier molecular flexibility index (Phi) is 4.21. The maximum absolute atomic E-state index is 12.6. The zero-order valence-electron chi connectivity index (χ0n) is 10.7. The molecule has 0 atom stereocenters. The van der Waals surface area contributed by atoms with Gasteiger partial charge < -0.3 is 4.98 Å². The van der Waals surface area contributed by atoms with E-state index in [0.717, 1.165) is 25.7 Å². The van der Waals surface area contributed by atoms with Gasteiger partial charge in [-0.25, -0.2) is 8.42 Å². The lowest BCUT2D eigenvalue weighted by Crippen LogP contribution is -2.40. The molecule has 19 heavy (non-hydrogen) atoms. The van der Waals surface area contributed by atoms with Crippen LogP contribution in [0.5, 0.6) is 0 Å². The second kappa shape index (κ2) is 5.71. The molecule has 0 aliphatic heterocycles. The summed E-state index contributed by atoms with van der Waals surface area (Å²) in [5.74, 6) is 0. The maximum Gasteiger partial charge on any atom is 0.248 e. The first-order valence-electron chi connectivity index (χ1n) is 6.37. The number of sulfonamides is 1. The summed E-state index contributed by atoms with van der Waals surface area (Å²) < 4.78 is 26.6. The van der Waals surface area contributed by atoms with Gasteiger partial charge >= 0.3 is 0 Å². The number of nitrogens with one attached hydrogen (secondary N) is 1. The molecule has 1 saturated carbocycles. The third kappa shape index (κ3) is 2.79. The highest BCUT2D eigenvalue weighted by molar-refractivity contribution is 7.89. The molecule has 1 N–H and O–H groups in total. The van der Waals surface area contributed by atoms with Crippen molar-refractivity contribution in [2.75, 3.05) is 6.54 Å². The summed E-state index contributed by atoms with van der Waals surface area (Å²) in [5.41, 5.74) is -0.481. The largest absolute Gasteiger partial charge is 0.366 e. The Morgan fingerprint density at radius 1 is 1.42 bits per heavy atom. The topological polar surface area (TPSA) is 70.2 Å². The highest BCUT2D eigenvalue weighted by atomic mass is 32.2. The zero-order valence-corrected chi connectivity index (χ0v) is 11.5. The standard InChI is InChI=1S/C13H18N2O3S/c1-2-9-15(11-5-3-4-6-11)19(17,18)13-10-14-8-7-12(13)16/h2,7-8,10-11H,1,3-6,9H2,(H,14,16). The first kappa shape index (κ1) is 14.0. The number of nitrogens with zero attached hydrogens (tertiary/aromatic N) is 1. The number of pyridine rings is 1. The van der Waals surface area contributed by atoms with Crippen molar-refractivity contribution in [3.05, 3.63) is 41.3 Å². The summed E-state index contributed by atoms with van der Waals surface area (Å²) in [5, 5.41) is 0. The van der Waals surface area contributed by atoms with Crippen molar-refractivity contribution < 1.29 is 8.42 Å². The van der Waals surface area contributed by atoms with Crippen molar-refractivity contribution in [1.29, 1.82) is 0 Å². The fourth-order valence-corrected chi connectivity index (χ4v) is 4.19. The van der Waals surface area contributed by atoms with Gasteiger partial charge in [-0.1, -0.05) is 18.9 Å². The molecule has 104 valence electrons. The summed E-state index contributed by atoms with van der Waals surface area (Å²) in [6, 6.07) is 1.20. The monoisotopic (exact) mass is 282 g/mol. The number of hydrogen-bond donors (Lipinski definition) is 1. The lowest BCUT2D eigenvalue weighted by molar-refractivity contribution is 0.347. The molecular weight excluding hydrogens is 264 g/mol. The van der Waals surface area contributed by atoms with E-state index >= 15 is 0 Å². The molecule has 1 aliphatic carbocycles. The Morgan fingerprint density at radius 3 is 2.68 bits per heavy atom. The van der Waals surface area contributed by atoms with E-state index < -0.39 is 15.5 Å². The zero-order chi connectivity index (χ0) is 13.9. The van der Waals surface area contributed by atoms with Gasteiger partial charge in [0.05, 0.1) is 0 Å². The van der Waals surface area contributed by atoms with Gasteiger partial charge in [-0.2, -0.15) is 4.31 Å². The van der Waals surface area contributed by atoms with Crippen LogP contribution in [0.2, 0.25) is 0 Å². The smallest absolute Gasteiger partial charge is 0.248 e. The van der Waals surface area contributed by atoms with E-state index in [4.69, 9.17) is 0 Å². The quantitative estimate of drug-likeness (QED) is 0.832. The van der Waals surface area contributed by atoms with Gasteiger partial charge in [0.25, 0.3) is 0 Å². The maximum atomic E-state index is 12.6. The van der Waals surface area contributed by atoms with E-state index in [9.17, 15) is 13.2 Å². The first-order chi connectivity index (χ1) is 9.07. The molecule has 1 aromatic heterocycles. The summed E-state index contributed by atoms with van der Waals surface area (Å²) in [6.45, 7) is 3.85. The van der Waals surface area contributed by atoms with E-state index in [-0.39, 0.29) is 17.5 Å². The molecule has 6 heteroatoms. The van der Waals surface area contributed by atoms with Crippen LogP contribution in [0, 0.1) is 0 Å². The Balaban J connectivity index is 2.42. The number of aromatic nitrogens is 1. The van der Waals surface area contributed by atoms with Crippen LogP contribution >= 0.6 is 0 Å². The van der Waals surface area contributed by atoms with Gasteiger partial charge in [0.2, 0.25) is 15.5 Å². The normalized spacial score (nSPS) is 16.9. The van der Waals surface area contributed by atoms with Gasteiger partial charge in [-0.05, 0) is 12.8 Å². The fourth-order valence-electron chi connectivity index (χ4n) is 2.49. The fraction of sp³-hybridized carbons (Fsp3) is 0.462. The molecule has 0 bridgehead atoms. The molecule has 2 rings (SSSR count). The van der Waals surface area contributed by atoms with Crippen LogP contribution in [-0.2, 0) is 10.0 Å². The highest BCUT2D eigenvalue weighted by Gasteiger charge is 2.33. The van der Waals surface area contributed by atoms with Gasteiger partial charge in [0, 0.05) is 31.0 Å². The van der Waals surface area contributed by atoms with Crippen LogP contribution in [0.1, 0.15) is 25.7 Å². The minimum Gasteiger partial charge on any atom is -0.366 e. The van der Waals surface area contributed by atoms with Crippen LogP contribution in [0.25, 0.3) is 0 Å². The molecule has 0 saturated heterocycles. The van der Waals surface area contributed by atoms with Crippen molar-refractivity contribution in [1.82, 2.24) is 9.29 Å². The molecule has 1 aliphatic rings. The van der Waals surface area contributed by atoms with Crippen molar-refractivity contribution in [3.8, 4) is 0 Å². The van der Waals surface area contributed by atoms with Crippen molar-refractivity contribution >= 4 is 10.0 Å². The summed E-state index contributed by atoms with van der Waals surface area (Å²) in [6.07, 6.45) is 7.98. The second-order valence-electron chi connectivity index (χ2n) is 4.67. The Hall–Kier alpha value is -1.40. The molecule has 0 radical (unpaired) electrons. The van der Waals surface area contributed by atoms with E-state index in [2.05, 4.69) is 11.6 Å². The van der Waals surface area contributed by atoms with Gasteiger partial charge in [-0.15, -0.1) is 6.58 Å². The van der Waals surface area contributed by atoms with Crippen LogP contribution in [0.15, 0.2) is 40.8 Å². The Morgan fingerprint density at radius 2 is 2.11 bits per heavy atom. The molecule has 0 spiro atoms.